The maximum absolute atomic E-state index is 12.0. The molecular formula is C13H21N5O2. The highest BCUT2D eigenvalue weighted by molar-refractivity contribution is 5.89. The quantitative estimate of drug-likeness (QED) is 0.661. The van der Waals surface area contributed by atoms with Crippen molar-refractivity contribution in [1.29, 1.82) is 0 Å². The topological polar surface area (TPSA) is 88.1 Å². The summed E-state index contributed by atoms with van der Waals surface area (Å²) >= 11 is 0. The second-order valence-corrected chi connectivity index (χ2v) is 5.40. The highest BCUT2D eigenvalue weighted by Crippen LogP contribution is 2.04. The number of carbonyl (C=O) groups excluding carboxylic acids is 2. The molecule has 3 N–H and O–H groups in total. The number of carbonyl (C=O) groups is 2. The van der Waals surface area contributed by atoms with E-state index >= 15 is 0 Å². The molecule has 1 unspecified atom stereocenters. The Morgan fingerprint density at radius 1 is 1.60 bits per heavy atom. The number of aromatic nitrogens is 2. The van der Waals surface area contributed by atoms with E-state index in [1.807, 2.05) is 4.57 Å². The number of nitrogens with one attached hydrogen (secondary N) is 3. The van der Waals surface area contributed by atoms with Crippen LogP contribution < -0.4 is 16.0 Å². The van der Waals surface area contributed by atoms with Crippen molar-refractivity contribution < 1.29 is 9.59 Å². The maximum atomic E-state index is 12.0. The summed E-state index contributed by atoms with van der Waals surface area (Å²) in [5, 5.41) is 8.40. The van der Waals surface area contributed by atoms with Crippen molar-refractivity contribution in [2.24, 2.45) is 5.92 Å². The lowest BCUT2D eigenvalue weighted by molar-refractivity contribution is -0.130. The molecule has 1 saturated heterocycles. The summed E-state index contributed by atoms with van der Waals surface area (Å²) < 4.78 is 2.03. The second-order valence-electron chi connectivity index (χ2n) is 5.40. The highest BCUT2D eigenvalue weighted by atomic mass is 16.2. The van der Waals surface area contributed by atoms with Crippen molar-refractivity contribution in [2.45, 2.75) is 33.0 Å². The van der Waals surface area contributed by atoms with Gasteiger partial charge in [0.25, 0.3) is 0 Å². The Morgan fingerprint density at radius 3 is 3.10 bits per heavy atom. The third-order valence-corrected chi connectivity index (χ3v) is 3.09. The Morgan fingerprint density at radius 2 is 2.40 bits per heavy atom. The van der Waals surface area contributed by atoms with Crippen LogP contribution in [-0.4, -0.2) is 40.5 Å². The number of amides is 2. The lowest BCUT2D eigenvalue weighted by atomic mass is 10.2. The summed E-state index contributed by atoms with van der Waals surface area (Å²) in [5.41, 5.74) is 0.960. The van der Waals surface area contributed by atoms with Gasteiger partial charge in [0.15, 0.2) is 0 Å². The molecule has 0 aliphatic carbocycles. The molecule has 2 amide bonds. The van der Waals surface area contributed by atoms with Gasteiger partial charge in [-0.05, 0) is 5.92 Å². The molecule has 1 aromatic heterocycles. The van der Waals surface area contributed by atoms with Crippen LogP contribution in [0.3, 0.4) is 0 Å². The van der Waals surface area contributed by atoms with Crippen molar-refractivity contribution >= 4 is 11.8 Å². The van der Waals surface area contributed by atoms with Gasteiger partial charge in [0.2, 0.25) is 11.8 Å². The summed E-state index contributed by atoms with van der Waals surface area (Å²) in [6.07, 6.45) is 3.52. The molecule has 1 fully saturated rings. The third-order valence-electron chi connectivity index (χ3n) is 3.09. The molecule has 0 spiro atoms. The Labute approximate surface area is 118 Å². The van der Waals surface area contributed by atoms with Crippen molar-refractivity contribution in [2.75, 3.05) is 13.1 Å². The molecule has 0 aromatic carbocycles. The minimum atomic E-state index is -0.502. The molecule has 20 heavy (non-hydrogen) atoms. The lowest BCUT2D eigenvalue weighted by Crippen LogP contribution is -2.58. The van der Waals surface area contributed by atoms with Crippen LogP contribution in [0.4, 0.5) is 0 Å². The zero-order chi connectivity index (χ0) is 14.5. The number of rotatable bonds is 5. The van der Waals surface area contributed by atoms with Crippen molar-refractivity contribution in [3.05, 3.63) is 18.2 Å². The van der Waals surface area contributed by atoms with E-state index in [2.05, 4.69) is 34.8 Å². The van der Waals surface area contributed by atoms with Crippen LogP contribution in [0.2, 0.25) is 0 Å². The predicted molar refractivity (Wildman–Crippen MR) is 73.7 cm³/mol. The molecule has 2 heterocycles. The van der Waals surface area contributed by atoms with E-state index in [9.17, 15) is 9.59 Å². The molecule has 1 aliphatic rings. The minimum absolute atomic E-state index is 0.152. The maximum Gasteiger partial charge on any atom is 0.244 e. The number of hydrogen-bond acceptors (Lipinski definition) is 4. The summed E-state index contributed by atoms with van der Waals surface area (Å²) in [5.74, 6) is 0.185. The van der Waals surface area contributed by atoms with E-state index in [-0.39, 0.29) is 18.4 Å². The molecule has 1 atom stereocenters. The van der Waals surface area contributed by atoms with Crippen LogP contribution in [0.5, 0.6) is 0 Å². The molecule has 2 rings (SSSR count). The summed E-state index contributed by atoms with van der Waals surface area (Å²) in [4.78, 5) is 27.3. The smallest absolute Gasteiger partial charge is 0.244 e. The largest absolute Gasteiger partial charge is 0.349 e. The molecular weight excluding hydrogens is 258 g/mol. The zero-order valence-electron chi connectivity index (χ0n) is 11.8. The van der Waals surface area contributed by atoms with Gasteiger partial charge in [-0.25, -0.2) is 4.98 Å². The standard InChI is InChI=1S/C13H21N5O2/c1-9(2)7-18-8-15-3-10(18)4-16-13(20)11-5-14-6-12(19)17-11/h3,8-9,11,14H,4-7H2,1-2H3,(H,16,20)(H,17,19). The van der Waals surface area contributed by atoms with Gasteiger partial charge in [-0.3, -0.25) is 9.59 Å². The van der Waals surface area contributed by atoms with E-state index in [1.54, 1.807) is 12.5 Å². The summed E-state index contributed by atoms with van der Waals surface area (Å²) in [6.45, 7) is 6.27. The molecule has 110 valence electrons. The zero-order valence-corrected chi connectivity index (χ0v) is 11.8. The number of imidazole rings is 1. The van der Waals surface area contributed by atoms with Gasteiger partial charge < -0.3 is 20.5 Å². The van der Waals surface area contributed by atoms with Gasteiger partial charge in [-0.2, -0.15) is 0 Å². The van der Waals surface area contributed by atoms with Gasteiger partial charge >= 0.3 is 0 Å². The first kappa shape index (κ1) is 14.5. The monoisotopic (exact) mass is 279 g/mol. The summed E-state index contributed by atoms with van der Waals surface area (Å²) in [7, 11) is 0. The number of nitrogens with zero attached hydrogens (tertiary/aromatic N) is 2. The van der Waals surface area contributed by atoms with Gasteiger partial charge in [-0.1, -0.05) is 13.8 Å². The third kappa shape index (κ3) is 3.80. The van der Waals surface area contributed by atoms with Crippen LogP contribution in [0, 0.1) is 5.92 Å². The van der Waals surface area contributed by atoms with Crippen LogP contribution in [-0.2, 0) is 22.7 Å². The Hall–Kier alpha value is -1.89. The van der Waals surface area contributed by atoms with Gasteiger partial charge in [-0.15, -0.1) is 0 Å². The molecule has 0 bridgehead atoms. The normalized spacial score (nSPS) is 18.9. The fraction of sp³-hybridized carbons (Fsp3) is 0.615. The molecule has 7 nitrogen and oxygen atoms in total. The van der Waals surface area contributed by atoms with E-state index in [1.165, 1.54) is 0 Å². The first-order valence-electron chi connectivity index (χ1n) is 6.83. The van der Waals surface area contributed by atoms with Crippen molar-refractivity contribution in [3.8, 4) is 0 Å². The van der Waals surface area contributed by atoms with Crippen LogP contribution >= 0.6 is 0 Å². The first-order chi connectivity index (χ1) is 9.56. The van der Waals surface area contributed by atoms with E-state index in [4.69, 9.17) is 0 Å². The Bertz CT molecular complexity index is 483. The van der Waals surface area contributed by atoms with Gasteiger partial charge in [0.1, 0.15) is 6.04 Å². The van der Waals surface area contributed by atoms with E-state index in [0.29, 0.717) is 19.0 Å². The average Bonchev–Trinajstić information content (AvgIpc) is 2.82. The lowest BCUT2D eigenvalue weighted by Gasteiger charge is -2.23. The van der Waals surface area contributed by atoms with Crippen molar-refractivity contribution in [1.82, 2.24) is 25.5 Å². The first-order valence-corrected chi connectivity index (χ1v) is 6.83. The van der Waals surface area contributed by atoms with E-state index < -0.39 is 6.04 Å². The van der Waals surface area contributed by atoms with Crippen LogP contribution in [0.15, 0.2) is 12.5 Å². The molecule has 7 heteroatoms. The van der Waals surface area contributed by atoms with Gasteiger partial charge in [0.05, 0.1) is 25.1 Å². The second kappa shape index (κ2) is 6.51. The molecule has 0 saturated carbocycles. The highest BCUT2D eigenvalue weighted by Gasteiger charge is 2.24. The van der Waals surface area contributed by atoms with Crippen molar-refractivity contribution in [3.63, 3.8) is 0 Å². The summed E-state index contributed by atoms with van der Waals surface area (Å²) in [6, 6.07) is -0.502. The fourth-order valence-electron chi connectivity index (χ4n) is 2.14. The molecule has 0 radical (unpaired) electrons. The van der Waals surface area contributed by atoms with E-state index in [0.717, 1.165) is 12.2 Å². The minimum Gasteiger partial charge on any atom is -0.349 e. The van der Waals surface area contributed by atoms with Gasteiger partial charge in [0, 0.05) is 19.3 Å². The average molecular weight is 279 g/mol. The Balaban J connectivity index is 1.87. The predicted octanol–water partition coefficient (Wildman–Crippen LogP) is -0.757. The van der Waals surface area contributed by atoms with Crippen LogP contribution in [0.25, 0.3) is 0 Å². The SMILES string of the molecule is CC(C)Cn1cncc1CNC(=O)C1CNCC(=O)N1. The Kier molecular flexibility index (Phi) is 4.73. The number of hydrogen-bond donors (Lipinski definition) is 3. The fourth-order valence-corrected chi connectivity index (χ4v) is 2.14. The molecule has 1 aliphatic heterocycles. The van der Waals surface area contributed by atoms with Crippen LogP contribution in [0.1, 0.15) is 19.5 Å². The molecule has 1 aromatic rings. The number of piperazine rings is 1.